The van der Waals surface area contributed by atoms with E-state index in [1.165, 1.54) is 6.42 Å². The van der Waals surface area contributed by atoms with Crippen molar-refractivity contribution in [3.63, 3.8) is 0 Å². The number of amides is 2. The predicted molar refractivity (Wildman–Crippen MR) is 117 cm³/mol. The molecule has 6 atom stereocenters. The first-order valence-electron chi connectivity index (χ1n) is 10.5. The van der Waals surface area contributed by atoms with Gasteiger partial charge in [0.1, 0.15) is 0 Å². The Bertz CT molecular complexity index is 1130. The highest BCUT2D eigenvalue weighted by Gasteiger charge is 2.67. The number of carbonyl (C=O) groups is 2. The van der Waals surface area contributed by atoms with Crippen molar-refractivity contribution in [2.24, 2.45) is 40.6 Å². The Kier molecular flexibility index (Phi) is 3.82. The van der Waals surface area contributed by atoms with Gasteiger partial charge >= 0.3 is 0 Å². The summed E-state index contributed by atoms with van der Waals surface area (Å²) in [6.07, 6.45) is 7.20. The van der Waals surface area contributed by atoms with Gasteiger partial charge in [0, 0.05) is 27.1 Å². The van der Waals surface area contributed by atoms with E-state index < -0.39 is 0 Å². The number of hydrogen-bond donors (Lipinski definition) is 0. The van der Waals surface area contributed by atoms with E-state index >= 15 is 0 Å². The fourth-order valence-corrected chi connectivity index (χ4v) is 6.49. The highest BCUT2D eigenvalue weighted by atomic mass is 79.9. The molecule has 5 aliphatic rings. The van der Waals surface area contributed by atoms with Crippen LogP contribution in [0.15, 0.2) is 52.1 Å². The van der Waals surface area contributed by atoms with Crippen molar-refractivity contribution in [1.29, 1.82) is 0 Å². The summed E-state index contributed by atoms with van der Waals surface area (Å²) in [7, 11) is 0. The van der Waals surface area contributed by atoms with Crippen LogP contribution in [-0.2, 0) is 9.59 Å². The molecule has 2 aromatic rings. The number of nitrogens with zero attached hydrogens (tertiary/aromatic N) is 3. The molecule has 30 heavy (non-hydrogen) atoms. The van der Waals surface area contributed by atoms with E-state index in [9.17, 15) is 9.59 Å². The summed E-state index contributed by atoms with van der Waals surface area (Å²) in [5.74, 6) is 1.01. The number of allylic oxidation sites excluding steroid dienone is 2. The van der Waals surface area contributed by atoms with Gasteiger partial charge in [-0.2, -0.15) is 10.1 Å². The SMILES string of the molecule is Cc1cc(/C=N\N2C(=O)[C@@H]3[C@H]4C=C[C@@H]([C@@H]5C[C@@H]45)[C@H]3C2=O)c(C)n1-c1cccc(Br)c1. The number of rotatable bonds is 3. The highest BCUT2D eigenvalue weighted by Crippen LogP contribution is 2.65. The minimum absolute atomic E-state index is 0.119. The topological polar surface area (TPSA) is 54.7 Å². The van der Waals surface area contributed by atoms with Crippen LogP contribution < -0.4 is 0 Å². The molecule has 2 amide bonds. The van der Waals surface area contributed by atoms with Crippen LogP contribution in [0.4, 0.5) is 0 Å². The Balaban J connectivity index is 1.31. The first kappa shape index (κ1) is 18.3. The van der Waals surface area contributed by atoms with Gasteiger partial charge in [0.05, 0.1) is 18.1 Å². The molecule has 0 radical (unpaired) electrons. The second kappa shape index (κ2) is 6.27. The maximum atomic E-state index is 13.1. The number of hydrazone groups is 1. The first-order chi connectivity index (χ1) is 14.5. The molecular formula is C24H22BrN3O2. The average Bonchev–Trinajstić information content (AvgIpc) is 3.45. The Morgan fingerprint density at radius 1 is 1.03 bits per heavy atom. The van der Waals surface area contributed by atoms with Crippen LogP contribution in [0.1, 0.15) is 23.4 Å². The third-order valence-corrected chi connectivity index (χ3v) is 7.98. The van der Waals surface area contributed by atoms with E-state index in [1.807, 2.05) is 32.0 Å². The van der Waals surface area contributed by atoms with E-state index in [1.54, 1.807) is 6.21 Å². The number of aryl methyl sites for hydroxylation is 1. The van der Waals surface area contributed by atoms with Gasteiger partial charge in [0.25, 0.3) is 11.8 Å². The zero-order chi connectivity index (χ0) is 20.7. The zero-order valence-corrected chi connectivity index (χ0v) is 18.4. The van der Waals surface area contributed by atoms with E-state index in [4.69, 9.17) is 0 Å². The summed E-state index contributed by atoms with van der Waals surface area (Å²) in [5, 5.41) is 5.55. The molecule has 2 heterocycles. The van der Waals surface area contributed by atoms with Gasteiger partial charge in [-0.25, -0.2) is 0 Å². The summed E-state index contributed by atoms with van der Waals surface area (Å²) < 4.78 is 3.16. The molecule has 6 heteroatoms. The molecule has 1 aliphatic heterocycles. The van der Waals surface area contributed by atoms with Crippen LogP contribution in [-0.4, -0.2) is 27.6 Å². The smallest absolute Gasteiger partial charge is 0.254 e. The van der Waals surface area contributed by atoms with Gasteiger partial charge < -0.3 is 4.57 Å². The molecule has 5 nitrogen and oxygen atoms in total. The van der Waals surface area contributed by atoms with Crippen molar-refractivity contribution in [3.05, 3.63) is 63.9 Å². The molecule has 0 spiro atoms. The molecule has 7 rings (SSSR count). The van der Waals surface area contributed by atoms with Crippen molar-refractivity contribution in [1.82, 2.24) is 9.58 Å². The molecule has 152 valence electrons. The maximum Gasteiger partial charge on any atom is 0.254 e. The largest absolute Gasteiger partial charge is 0.318 e. The van der Waals surface area contributed by atoms with Crippen LogP contribution in [0.3, 0.4) is 0 Å². The predicted octanol–water partition coefficient (Wildman–Crippen LogP) is 4.24. The lowest BCUT2D eigenvalue weighted by atomic mass is 9.63. The molecule has 0 N–H and O–H groups in total. The lowest BCUT2D eigenvalue weighted by Gasteiger charge is -2.37. The Morgan fingerprint density at radius 3 is 2.33 bits per heavy atom. The van der Waals surface area contributed by atoms with Gasteiger partial charge in [0.2, 0.25) is 0 Å². The molecule has 2 saturated carbocycles. The van der Waals surface area contributed by atoms with E-state index in [0.29, 0.717) is 11.8 Å². The molecule has 2 bridgehead atoms. The van der Waals surface area contributed by atoms with Crippen LogP contribution in [0.2, 0.25) is 0 Å². The maximum absolute atomic E-state index is 13.1. The summed E-state index contributed by atoms with van der Waals surface area (Å²) >= 11 is 3.53. The third kappa shape index (κ3) is 2.43. The fourth-order valence-electron chi connectivity index (χ4n) is 6.11. The molecule has 1 saturated heterocycles. The summed E-state index contributed by atoms with van der Waals surface area (Å²) in [4.78, 5) is 26.2. The number of hydrogen-bond acceptors (Lipinski definition) is 3. The standard InChI is InChI=1S/C24H22BrN3O2/c1-12-8-14(13(2)27(12)16-5-3-4-15(25)9-16)11-26-28-23(29)21-17-6-7-18(20-10-19(17)20)22(21)24(28)30/h3-9,11,17-22H,10H2,1-2H3/b26-11-/t17-,18-,19-,20-,21+,22+/m0/s1. The lowest BCUT2D eigenvalue weighted by molar-refractivity contribution is -0.140. The Morgan fingerprint density at radius 2 is 1.70 bits per heavy atom. The number of benzene rings is 1. The Labute approximate surface area is 183 Å². The summed E-state index contributed by atoms with van der Waals surface area (Å²) in [6.45, 7) is 4.07. The molecular weight excluding hydrogens is 442 g/mol. The number of halogens is 1. The highest BCUT2D eigenvalue weighted by molar-refractivity contribution is 9.10. The third-order valence-electron chi connectivity index (χ3n) is 7.49. The van der Waals surface area contributed by atoms with E-state index in [2.05, 4.69) is 49.9 Å². The van der Waals surface area contributed by atoms with Crippen molar-refractivity contribution >= 4 is 34.0 Å². The van der Waals surface area contributed by atoms with Gasteiger partial charge in [-0.1, -0.05) is 34.1 Å². The molecule has 0 unspecified atom stereocenters. The van der Waals surface area contributed by atoms with Gasteiger partial charge in [-0.3, -0.25) is 9.59 Å². The second-order valence-corrected chi connectivity index (χ2v) is 9.94. The van der Waals surface area contributed by atoms with Crippen molar-refractivity contribution in [2.75, 3.05) is 0 Å². The zero-order valence-electron chi connectivity index (χ0n) is 16.8. The fraction of sp³-hybridized carbons (Fsp3) is 0.375. The van der Waals surface area contributed by atoms with Crippen LogP contribution in [0.25, 0.3) is 5.69 Å². The van der Waals surface area contributed by atoms with Crippen LogP contribution in [0.5, 0.6) is 0 Å². The summed E-state index contributed by atoms with van der Waals surface area (Å²) in [6, 6.07) is 10.2. The van der Waals surface area contributed by atoms with Gasteiger partial charge in [-0.05, 0) is 68.2 Å². The van der Waals surface area contributed by atoms with Gasteiger partial charge in [0.15, 0.2) is 0 Å². The molecule has 1 aromatic carbocycles. The van der Waals surface area contributed by atoms with Crippen LogP contribution >= 0.6 is 15.9 Å². The van der Waals surface area contributed by atoms with Crippen molar-refractivity contribution < 1.29 is 9.59 Å². The lowest BCUT2D eigenvalue weighted by Crippen LogP contribution is -2.40. The summed E-state index contributed by atoms with van der Waals surface area (Å²) in [5.41, 5.74) is 4.06. The second-order valence-electron chi connectivity index (χ2n) is 9.03. The molecule has 4 aliphatic carbocycles. The van der Waals surface area contributed by atoms with Crippen LogP contribution in [0, 0.1) is 49.4 Å². The van der Waals surface area contributed by atoms with Crippen molar-refractivity contribution in [3.8, 4) is 5.69 Å². The first-order valence-corrected chi connectivity index (χ1v) is 11.3. The molecule has 3 fully saturated rings. The minimum atomic E-state index is -0.206. The van der Waals surface area contributed by atoms with Crippen molar-refractivity contribution in [2.45, 2.75) is 20.3 Å². The molecule has 1 aromatic heterocycles. The van der Waals surface area contributed by atoms with Gasteiger partial charge in [-0.15, -0.1) is 0 Å². The monoisotopic (exact) mass is 463 g/mol. The van der Waals surface area contributed by atoms with E-state index in [-0.39, 0.29) is 35.5 Å². The number of carbonyl (C=O) groups excluding carboxylic acids is 2. The number of aromatic nitrogens is 1. The van der Waals surface area contributed by atoms with E-state index in [0.717, 1.165) is 32.1 Å². The number of imide groups is 1. The Hall–Kier alpha value is -2.47. The average molecular weight is 464 g/mol. The minimum Gasteiger partial charge on any atom is -0.318 e. The quantitative estimate of drug-likeness (QED) is 0.388. The normalized spacial score (nSPS) is 33.5.